The van der Waals surface area contributed by atoms with Gasteiger partial charge in [-0.25, -0.2) is 9.97 Å². The van der Waals surface area contributed by atoms with E-state index in [-0.39, 0.29) is 5.95 Å². The molecule has 2 aromatic heterocycles. The fraction of sp³-hybridized carbons (Fsp3) is 0.190. The number of aromatic nitrogens is 4. The van der Waals surface area contributed by atoms with Crippen LogP contribution in [0.15, 0.2) is 48.7 Å². The predicted molar refractivity (Wildman–Crippen MR) is 109 cm³/mol. The number of hydrogen-bond acceptors (Lipinski definition) is 6. The standard InChI is InChI=1S/C21H20N6O/c1-13-24-17-4-2-15(11-18(17)25-13)14-3-5-19-16(10-14)12-27(8-9-28-19)20-6-7-23-21(22)26-20/h2-7,10-11H,8-9,12H2,1H3,(H,24,25)(H2,22,23,26). The Morgan fingerprint density at radius 3 is 2.82 bits per heavy atom. The quantitative estimate of drug-likeness (QED) is 0.561. The third-order valence-corrected chi connectivity index (χ3v) is 4.96. The molecule has 140 valence electrons. The highest BCUT2D eigenvalue weighted by molar-refractivity contribution is 5.82. The number of nitrogens with zero attached hydrogens (tertiary/aromatic N) is 4. The molecule has 0 atom stereocenters. The van der Waals surface area contributed by atoms with Gasteiger partial charge in [-0.15, -0.1) is 0 Å². The predicted octanol–water partition coefficient (Wildman–Crippen LogP) is 3.31. The molecule has 3 heterocycles. The molecule has 7 nitrogen and oxygen atoms in total. The molecule has 0 spiro atoms. The minimum absolute atomic E-state index is 0.278. The Kier molecular flexibility index (Phi) is 3.86. The maximum Gasteiger partial charge on any atom is 0.221 e. The first-order valence-electron chi connectivity index (χ1n) is 9.22. The molecule has 4 aromatic rings. The van der Waals surface area contributed by atoms with Gasteiger partial charge in [0.15, 0.2) is 0 Å². The molecule has 5 rings (SSSR count). The fourth-order valence-corrected chi connectivity index (χ4v) is 3.63. The van der Waals surface area contributed by atoms with E-state index in [1.165, 1.54) is 0 Å². The van der Waals surface area contributed by atoms with Crippen molar-refractivity contribution < 1.29 is 4.74 Å². The third kappa shape index (κ3) is 3.00. The van der Waals surface area contributed by atoms with Gasteiger partial charge in [0, 0.05) is 18.3 Å². The van der Waals surface area contributed by atoms with Gasteiger partial charge >= 0.3 is 0 Å². The summed E-state index contributed by atoms with van der Waals surface area (Å²) >= 11 is 0. The topological polar surface area (TPSA) is 93.0 Å². The summed E-state index contributed by atoms with van der Waals surface area (Å²) in [4.78, 5) is 18.3. The summed E-state index contributed by atoms with van der Waals surface area (Å²) < 4.78 is 5.96. The van der Waals surface area contributed by atoms with Crippen LogP contribution < -0.4 is 15.4 Å². The van der Waals surface area contributed by atoms with Crippen LogP contribution in [-0.2, 0) is 6.54 Å². The highest BCUT2D eigenvalue weighted by atomic mass is 16.5. The molecule has 1 aliphatic heterocycles. The number of nitrogens with one attached hydrogen (secondary N) is 1. The van der Waals surface area contributed by atoms with Gasteiger partial charge in [-0.1, -0.05) is 12.1 Å². The molecule has 0 saturated carbocycles. The molecule has 0 radical (unpaired) electrons. The van der Waals surface area contributed by atoms with Crippen molar-refractivity contribution >= 4 is 22.8 Å². The second-order valence-electron chi connectivity index (χ2n) is 6.92. The smallest absolute Gasteiger partial charge is 0.221 e. The SMILES string of the molecule is Cc1nc2ccc(-c3ccc4c(c3)CN(c3ccnc(N)n3)CCO4)cc2[nH]1. The number of aromatic amines is 1. The Bertz CT molecular complexity index is 1170. The van der Waals surface area contributed by atoms with Crippen LogP contribution in [0, 0.1) is 6.92 Å². The van der Waals surface area contributed by atoms with E-state index in [2.05, 4.69) is 49.1 Å². The zero-order valence-electron chi connectivity index (χ0n) is 15.5. The zero-order chi connectivity index (χ0) is 19.1. The van der Waals surface area contributed by atoms with Crippen LogP contribution in [0.5, 0.6) is 5.75 Å². The van der Waals surface area contributed by atoms with Crippen molar-refractivity contribution in [1.29, 1.82) is 0 Å². The van der Waals surface area contributed by atoms with E-state index in [0.29, 0.717) is 13.2 Å². The van der Waals surface area contributed by atoms with Crippen LogP contribution in [0.1, 0.15) is 11.4 Å². The number of hydrogen-bond donors (Lipinski definition) is 2. The monoisotopic (exact) mass is 372 g/mol. The van der Waals surface area contributed by atoms with Crippen molar-refractivity contribution in [2.24, 2.45) is 0 Å². The fourth-order valence-electron chi connectivity index (χ4n) is 3.63. The maximum atomic E-state index is 5.96. The first kappa shape index (κ1) is 16.6. The van der Waals surface area contributed by atoms with E-state index in [9.17, 15) is 0 Å². The Labute approximate surface area is 162 Å². The lowest BCUT2D eigenvalue weighted by Crippen LogP contribution is -2.26. The molecule has 0 unspecified atom stereocenters. The second kappa shape index (κ2) is 6.53. The number of anilines is 2. The summed E-state index contributed by atoms with van der Waals surface area (Å²) in [7, 11) is 0. The van der Waals surface area contributed by atoms with Crippen LogP contribution in [0.3, 0.4) is 0 Å². The van der Waals surface area contributed by atoms with E-state index < -0.39 is 0 Å². The van der Waals surface area contributed by atoms with Gasteiger partial charge < -0.3 is 20.4 Å². The van der Waals surface area contributed by atoms with Crippen molar-refractivity contribution in [3.63, 3.8) is 0 Å². The second-order valence-corrected chi connectivity index (χ2v) is 6.92. The number of rotatable bonds is 2. The average Bonchev–Trinajstić information content (AvgIpc) is 2.93. The normalized spacial score (nSPS) is 13.8. The van der Waals surface area contributed by atoms with Crippen LogP contribution in [0.4, 0.5) is 11.8 Å². The lowest BCUT2D eigenvalue weighted by molar-refractivity contribution is 0.331. The maximum absolute atomic E-state index is 5.96. The molecule has 0 saturated heterocycles. The molecule has 0 fully saturated rings. The van der Waals surface area contributed by atoms with Gasteiger partial charge in [-0.05, 0) is 48.4 Å². The number of aryl methyl sites for hydroxylation is 1. The van der Waals surface area contributed by atoms with Crippen molar-refractivity contribution in [3.05, 3.63) is 60.0 Å². The zero-order valence-corrected chi connectivity index (χ0v) is 15.5. The Hall–Kier alpha value is -3.61. The minimum atomic E-state index is 0.278. The molecule has 1 aliphatic rings. The molecular weight excluding hydrogens is 352 g/mol. The van der Waals surface area contributed by atoms with Gasteiger partial charge in [-0.3, -0.25) is 0 Å². The van der Waals surface area contributed by atoms with Crippen LogP contribution in [0.25, 0.3) is 22.2 Å². The van der Waals surface area contributed by atoms with Crippen molar-refractivity contribution in [1.82, 2.24) is 19.9 Å². The summed E-state index contributed by atoms with van der Waals surface area (Å²) in [5, 5.41) is 0. The van der Waals surface area contributed by atoms with Crippen molar-refractivity contribution in [2.45, 2.75) is 13.5 Å². The van der Waals surface area contributed by atoms with Gasteiger partial charge in [-0.2, -0.15) is 4.98 Å². The molecule has 0 aliphatic carbocycles. The lowest BCUT2D eigenvalue weighted by Gasteiger charge is -2.21. The molecule has 7 heteroatoms. The van der Waals surface area contributed by atoms with E-state index >= 15 is 0 Å². The van der Waals surface area contributed by atoms with Crippen molar-refractivity contribution in [2.75, 3.05) is 23.8 Å². The number of nitrogen functional groups attached to an aromatic ring is 1. The van der Waals surface area contributed by atoms with Crippen LogP contribution in [-0.4, -0.2) is 33.1 Å². The molecule has 0 bridgehead atoms. The summed E-state index contributed by atoms with van der Waals surface area (Å²) in [5.74, 6) is 2.91. The summed E-state index contributed by atoms with van der Waals surface area (Å²) in [6, 6.07) is 14.5. The Morgan fingerprint density at radius 1 is 1.07 bits per heavy atom. The van der Waals surface area contributed by atoms with Crippen LogP contribution >= 0.6 is 0 Å². The number of nitrogens with two attached hydrogens (primary N) is 1. The molecule has 0 amide bonds. The summed E-state index contributed by atoms with van der Waals surface area (Å²) in [6.07, 6.45) is 1.68. The first-order chi connectivity index (χ1) is 13.7. The summed E-state index contributed by atoms with van der Waals surface area (Å²) in [6.45, 7) is 3.99. The number of ether oxygens (including phenoxy) is 1. The molecule has 3 N–H and O–H groups in total. The number of benzene rings is 2. The third-order valence-electron chi connectivity index (χ3n) is 4.96. The number of H-pyrrole nitrogens is 1. The molecule has 28 heavy (non-hydrogen) atoms. The number of fused-ring (bicyclic) bond motifs is 2. The summed E-state index contributed by atoms with van der Waals surface area (Å²) in [5.41, 5.74) is 11.2. The van der Waals surface area contributed by atoms with Gasteiger partial charge in [0.2, 0.25) is 5.95 Å². The molecular formula is C21H20N6O. The minimum Gasteiger partial charge on any atom is -0.491 e. The van der Waals surface area contributed by atoms with E-state index in [1.807, 2.05) is 25.1 Å². The highest BCUT2D eigenvalue weighted by Crippen LogP contribution is 2.31. The van der Waals surface area contributed by atoms with Gasteiger partial charge in [0.05, 0.1) is 17.6 Å². The Morgan fingerprint density at radius 2 is 1.93 bits per heavy atom. The van der Waals surface area contributed by atoms with E-state index in [0.717, 1.165) is 51.7 Å². The Balaban J connectivity index is 1.51. The lowest BCUT2D eigenvalue weighted by atomic mass is 10.0. The van der Waals surface area contributed by atoms with Crippen LogP contribution in [0.2, 0.25) is 0 Å². The van der Waals surface area contributed by atoms with Crippen molar-refractivity contribution in [3.8, 4) is 16.9 Å². The number of imidazole rings is 1. The largest absolute Gasteiger partial charge is 0.491 e. The molecule has 2 aromatic carbocycles. The van der Waals surface area contributed by atoms with Gasteiger partial charge in [0.1, 0.15) is 24.0 Å². The highest BCUT2D eigenvalue weighted by Gasteiger charge is 2.18. The average molecular weight is 372 g/mol. The van der Waals surface area contributed by atoms with Gasteiger partial charge in [0.25, 0.3) is 0 Å². The first-order valence-corrected chi connectivity index (χ1v) is 9.22. The van der Waals surface area contributed by atoms with E-state index in [4.69, 9.17) is 10.5 Å². The van der Waals surface area contributed by atoms with E-state index in [1.54, 1.807) is 6.20 Å².